The number of para-hydroxylation sites is 2. The summed E-state index contributed by atoms with van der Waals surface area (Å²) < 4.78 is 6.82. The van der Waals surface area contributed by atoms with E-state index in [0.29, 0.717) is 0 Å². The number of ether oxygens (including phenoxy) is 1. The molecule has 0 saturated heterocycles. The molecule has 206 valence electrons. The van der Waals surface area contributed by atoms with Crippen LogP contribution in [0.5, 0.6) is 11.5 Å². The average molecular weight is 564 g/mol. The molecule has 5 aromatic carbocycles. The molecule has 0 fully saturated rings. The Morgan fingerprint density at radius 1 is 0.386 bits per heavy atom. The van der Waals surface area contributed by atoms with Crippen molar-refractivity contribution in [1.82, 2.24) is 15.2 Å². The molecule has 2 aliphatic rings. The first-order valence-electron chi connectivity index (χ1n) is 14.8. The lowest BCUT2D eigenvalue weighted by molar-refractivity contribution is 0.438. The van der Waals surface area contributed by atoms with Crippen molar-refractivity contribution in [2.24, 2.45) is 0 Å². The fraction of sp³-hybridized carbons (Fsp3) is 0.0250. The minimum atomic E-state index is -0.510. The summed E-state index contributed by atoms with van der Waals surface area (Å²) in [6, 6.07) is 52.5. The molecule has 1 spiro atoms. The minimum Gasteiger partial charge on any atom is -0.456 e. The lowest BCUT2D eigenvalue weighted by atomic mass is 9.65. The smallest absolute Gasteiger partial charge is 0.141 e. The Labute approximate surface area is 255 Å². The fourth-order valence-corrected chi connectivity index (χ4v) is 7.04. The minimum absolute atomic E-state index is 0.510. The highest BCUT2D eigenvalue weighted by Gasteiger charge is 2.51. The molecule has 4 nitrogen and oxygen atoms in total. The van der Waals surface area contributed by atoms with E-state index in [-0.39, 0.29) is 0 Å². The van der Waals surface area contributed by atoms with Gasteiger partial charge in [-0.15, -0.1) is 10.2 Å². The van der Waals surface area contributed by atoms with Gasteiger partial charge in [0.25, 0.3) is 0 Å². The van der Waals surface area contributed by atoms with Crippen molar-refractivity contribution in [1.29, 1.82) is 0 Å². The molecule has 0 N–H and O–H groups in total. The van der Waals surface area contributed by atoms with Gasteiger partial charge < -0.3 is 4.74 Å². The predicted molar refractivity (Wildman–Crippen MR) is 174 cm³/mol. The van der Waals surface area contributed by atoms with Crippen LogP contribution in [0.2, 0.25) is 0 Å². The van der Waals surface area contributed by atoms with Crippen molar-refractivity contribution in [3.05, 3.63) is 174 Å². The van der Waals surface area contributed by atoms with Crippen LogP contribution in [0.3, 0.4) is 0 Å². The van der Waals surface area contributed by atoms with Crippen molar-refractivity contribution in [3.8, 4) is 56.5 Å². The van der Waals surface area contributed by atoms with Gasteiger partial charge >= 0.3 is 0 Å². The fourth-order valence-electron chi connectivity index (χ4n) is 7.04. The number of rotatable bonds is 3. The second kappa shape index (κ2) is 9.58. The summed E-state index contributed by atoms with van der Waals surface area (Å²) in [5.74, 6) is 1.69. The van der Waals surface area contributed by atoms with Gasteiger partial charge in [0.15, 0.2) is 0 Å². The maximum absolute atomic E-state index is 6.82. The Kier molecular flexibility index (Phi) is 5.38. The zero-order chi connectivity index (χ0) is 29.1. The van der Waals surface area contributed by atoms with Crippen LogP contribution in [0.4, 0.5) is 0 Å². The van der Waals surface area contributed by atoms with E-state index in [0.717, 1.165) is 56.5 Å². The van der Waals surface area contributed by atoms with E-state index in [9.17, 15) is 0 Å². The summed E-state index contributed by atoms with van der Waals surface area (Å²) in [5.41, 5.74) is 11.9. The topological polar surface area (TPSA) is 47.9 Å². The third-order valence-corrected chi connectivity index (χ3v) is 8.90. The van der Waals surface area contributed by atoms with Crippen LogP contribution in [0.1, 0.15) is 22.3 Å². The summed E-state index contributed by atoms with van der Waals surface area (Å²) in [4.78, 5) is 5.10. The molecule has 3 heterocycles. The molecule has 7 aromatic rings. The first-order chi connectivity index (χ1) is 21.8. The zero-order valence-corrected chi connectivity index (χ0v) is 23.7. The van der Waals surface area contributed by atoms with Gasteiger partial charge in [0, 0.05) is 22.3 Å². The summed E-state index contributed by atoms with van der Waals surface area (Å²) in [7, 11) is 0. The van der Waals surface area contributed by atoms with Gasteiger partial charge in [0.05, 0.1) is 22.5 Å². The Bertz CT molecular complexity index is 2160. The lowest BCUT2D eigenvalue weighted by Crippen LogP contribution is -2.32. The van der Waals surface area contributed by atoms with Gasteiger partial charge in [-0.2, -0.15) is 0 Å². The Morgan fingerprint density at radius 2 is 0.955 bits per heavy atom. The van der Waals surface area contributed by atoms with Crippen molar-refractivity contribution in [3.63, 3.8) is 0 Å². The van der Waals surface area contributed by atoms with E-state index in [1.807, 2.05) is 66.7 Å². The number of hydrogen-bond donors (Lipinski definition) is 0. The van der Waals surface area contributed by atoms with Gasteiger partial charge in [0.2, 0.25) is 0 Å². The second-order valence-electron chi connectivity index (χ2n) is 11.2. The third-order valence-electron chi connectivity index (χ3n) is 8.90. The lowest BCUT2D eigenvalue weighted by Gasteiger charge is -2.40. The summed E-state index contributed by atoms with van der Waals surface area (Å²) >= 11 is 0. The van der Waals surface area contributed by atoms with Crippen LogP contribution < -0.4 is 4.74 Å². The molecule has 1 aliphatic carbocycles. The molecule has 0 unspecified atom stereocenters. The number of fused-ring (bicyclic) bond motifs is 9. The van der Waals surface area contributed by atoms with Gasteiger partial charge in [-0.3, -0.25) is 0 Å². The molecule has 4 heteroatoms. The molecule has 9 rings (SSSR count). The van der Waals surface area contributed by atoms with Gasteiger partial charge in [0.1, 0.15) is 17.2 Å². The maximum Gasteiger partial charge on any atom is 0.141 e. The van der Waals surface area contributed by atoms with Gasteiger partial charge in [-0.05, 0) is 58.7 Å². The molecule has 0 bridgehead atoms. The predicted octanol–water partition coefficient (Wildman–Crippen LogP) is 9.34. The molecule has 0 saturated carbocycles. The third kappa shape index (κ3) is 3.48. The van der Waals surface area contributed by atoms with Crippen LogP contribution in [-0.2, 0) is 5.41 Å². The van der Waals surface area contributed by atoms with E-state index in [2.05, 4.69) is 95.1 Å². The quantitative estimate of drug-likeness (QED) is 0.215. The van der Waals surface area contributed by atoms with E-state index in [1.165, 1.54) is 22.3 Å². The van der Waals surface area contributed by atoms with Crippen LogP contribution in [0.15, 0.2) is 152 Å². The zero-order valence-electron chi connectivity index (χ0n) is 23.7. The van der Waals surface area contributed by atoms with Crippen molar-refractivity contribution in [2.75, 3.05) is 0 Å². The van der Waals surface area contributed by atoms with Crippen molar-refractivity contribution >= 4 is 0 Å². The standard InChI is InChI=1S/C40H25N3O/c1-2-12-26(13-3-1)34-24-25-37(43-42-34)36-22-11-21-35(41-36)29-16-10-20-33-39(29)44-38-23-9-8-19-32(38)40(33)30-17-6-4-14-27(30)28-15-5-7-18-31(28)40/h1-25H. The Hall–Kier alpha value is -5.87. The molecule has 1 aliphatic heterocycles. The Balaban J connectivity index is 1.23. The SMILES string of the molecule is c1ccc(-c2ccc(-c3cccc(-c4cccc5c4Oc4ccccc4C54c5ccccc5-c5ccccc54)n3)nn2)cc1. The summed E-state index contributed by atoms with van der Waals surface area (Å²) in [6.07, 6.45) is 0. The highest BCUT2D eigenvalue weighted by atomic mass is 16.5. The highest BCUT2D eigenvalue weighted by molar-refractivity contribution is 5.90. The van der Waals surface area contributed by atoms with Gasteiger partial charge in [-0.1, -0.05) is 115 Å². The number of nitrogens with zero attached hydrogens (tertiary/aromatic N) is 3. The maximum atomic E-state index is 6.82. The monoisotopic (exact) mass is 563 g/mol. The molecule has 0 atom stereocenters. The van der Waals surface area contributed by atoms with Gasteiger partial charge in [-0.25, -0.2) is 4.98 Å². The molecular weight excluding hydrogens is 538 g/mol. The average Bonchev–Trinajstić information content (AvgIpc) is 3.40. The van der Waals surface area contributed by atoms with E-state index in [1.54, 1.807) is 0 Å². The molecule has 44 heavy (non-hydrogen) atoms. The highest BCUT2D eigenvalue weighted by Crippen LogP contribution is 2.62. The van der Waals surface area contributed by atoms with Crippen molar-refractivity contribution < 1.29 is 4.74 Å². The summed E-state index contributed by atoms with van der Waals surface area (Å²) in [6.45, 7) is 0. The number of hydrogen-bond acceptors (Lipinski definition) is 4. The first-order valence-corrected chi connectivity index (χ1v) is 14.8. The van der Waals surface area contributed by atoms with Crippen LogP contribution in [0, 0.1) is 0 Å². The van der Waals surface area contributed by atoms with E-state index >= 15 is 0 Å². The van der Waals surface area contributed by atoms with Crippen LogP contribution in [0.25, 0.3) is 45.0 Å². The van der Waals surface area contributed by atoms with Crippen LogP contribution >= 0.6 is 0 Å². The molecular formula is C40H25N3O. The number of pyridine rings is 1. The second-order valence-corrected chi connectivity index (χ2v) is 11.2. The Morgan fingerprint density at radius 3 is 1.70 bits per heavy atom. The summed E-state index contributed by atoms with van der Waals surface area (Å²) in [5, 5.41) is 9.04. The normalized spacial score (nSPS) is 13.4. The van der Waals surface area contributed by atoms with E-state index < -0.39 is 5.41 Å². The first kappa shape index (κ1) is 24.7. The molecule has 0 amide bonds. The van der Waals surface area contributed by atoms with Crippen LogP contribution in [-0.4, -0.2) is 15.2 Å². The molecule has 0 radical (unpaired) electrons. The molecule has 2 aromatic heterocycles. The van der Waals surface area contributed by atoms with Crippen molar-refractivity contribution in [2.45, 2.75) is 5.41 Å². The number of benzene rings is 5. The largest absolute Gasteiger partial charge is 0.456 e. The number of aromatic nitrogens is 3. The van der Waals surface area contributed by atoms with E-state index in [4.69, 9.17) is 9.72 Å².